The standard InChI is InChI=1S/C19H23N3O4S/c1-13-12-14(10-11-21-13)19(23)22-15-2-4-16(5-3-15)26-17-6-8-18(9-7-17)27(20,24)25/h2-9,13-14,21H,10-12H2,1H3,(H,22,23)(H2,20,24,25)/t13-,14-/m0/s1. The molecule has 4 N–H and O–H groups in total. The summed E-state index contributed by atoms with van der Waals surface area (Å²) in [5, 5.41) is 11.4. The van der Waals surface area contributed by atoms with Gasteiger partial charge in [0.15, 0.2) is 0 Å². The van der Waals surface area contributed by atoms with Crippen LogP contribution >= 0.6 is 0 Å². The Hall–Kier alpha value is -2.42. The van der Waals surface area contributed by atoms with E-state index in [-0.39, 0.29) is 16.7 Å². The topological polar surface area (TPSA) is 111 Å². The Morgan fingerprint density at radius 3 is 2.26 bits per heavy atom. The second kappa shape index (κ2) is 8.08. The SMILES string of the molecule is C[C@H]1C[C@@H](C(=O)Nc2ccc(Oc3ccc(S(N)(=O)=O)cc3)cc2)CCN1. The number of carbonyl (C=O) groups excluding carboxylic acids is 1. The maximum atomic E-state index is 12.4. The van der Waals surface area contributed by atoms with E-state index >= 15 is 0 Å². The zero-order chi connectivity index (χ0) is 19.4. The largest absolute Gasteiger partial charge is 0.457 e. The van der Waals surface area contributed by atoms with Gasteiger partial charge in [0, 0.05) is 17.6 Å². The summed E-state index contributed by atoms with van der Waals surface area (Å²) < 4.78 is 28.2. The Morgan fingerprint density at radius 1 is 1.11 bits per heavy atom. The molecule has 0 aromatic heterocycles. The molecule has 1 aliphatic rings. The molecule has 1 aliphatic heterocycles. The van der Waals surface area contributed by atoms with Gasteiger partial charge < -0.3 is 15.4 Å². The highest BCUT2D eigenvalue weighted by atomic mass is 32.2. The highest BCUT2D eigenvalue weighted by molar-refractivity contribution is 7.89. The molecular weight excluding hydrogens is 366 g/mol. The number of rotatable bonds is 5. The van der Waals surface area contributed by atoms with E-state index < -0.39 is 10.0 Å². The van der Waals surface area contributed by atoms with Crippen molar-refractivity contribution < 1.29 is 17.9 Å². The molecule has 0 aliphatic carbocycles. The lowest BCUT2D eigenvalue weighted by Crippen LogP contribution is -2.40. The van der Waals surface area contributed by atoms with Crippen molar-refractivity contribution in [2.24, 2.45) is 11.1 Å². The molecule has 0 radical (unpaired) electrons. The van der Waals surface area contributed by atoms with Gasteiger partial charge in [-0.3, -0.25) is 4.79 Å². The van der Waals surface area contributed by atoms with Crippen molar-refractivity contribution in [1.82, 2.24) is 5.32 Å². The molecule has 1 amide bonds. The lowest BCUT2D eigenvalue weighted by atomic mass is 9.92. The Balaban J connectivity index is 1.59. The van der Waals surface area contributed by atoms with Crippen LogP contribution in [-0.2, 0) is 14.8 Å². The number of hydrogen-bond donors (Lipinski definition) is 3. The van der Waals surface area contributed by atoms with Crippen molar-refractivity contribution in [2.45, 2.75) is 30.7 Å². The van der Waals surface area contributed by atoms with Crippen LogP contribution in [0.4, 0.5) is 5.69 Å². The summed E-state index contributed by atoms with van der Waals surface area (Å²) in [7, 11) is -3.72. The third kappa shape index (κ3) is 5.29. The minimum Gasteiger partial charge on any atom is -0.457 e. The Bertz CT molecular complexity index is 896. The number of benzene rings is 2. The van der Waals surface area contributed by atoms with Crippen molar-refractivity contribution in [2.75, 3.05) is 11.9 Å². The Morgan fingerprint density at radius 2 is 1.70 bits per heavy atom. The summed E-state index contributed by atoms with van der Waals surface area (Å²) in [6.45, 7) is 2.94. The minimum atomic E-state index is -3.72. The number of piperidine rings is 1. The number of nitrogens with one attached hydrogen (secondary N) is 2. The van der Waals surface area contributed by atoms with E-state index in [0.29, 0.717) is 23.2 Å². The van der Waals surface area contributed by atoms with E-state index in [1.54, 1.807) is 24.3 Å². The fourth-order valence-corrected chi connectivity index (χ4v) is 3.57. The highest BCUT2D eigenvalue weighted by Crippen LogP contribution is 2.25. The maximum Gasteiger partial charge on any atom is 0.238 e. The molecule has 0 saturated carbocycles. The van der Waals surface area contributed by atoms with Gasteiger partial charge >= 0.3 is 0 Å². The predicted molar refractivity (Wildman–Crippen MR) is 103 cm³/mol. The molecule has 1 saturated heterocycles. The molecule has 2 aromatic rings. The first-order chi connectivity index (χ1) is 12.8. The number of ether oxygens (including phenoxy) is 1. The van der Waals surface area contributed by atoms with Gasteiger partial charge in [-0.05, 0) is 74.8 Å². The molecule has 2 atom stereocenters. The van der Waals surface area contributed by atoms with Gasteiger partial charge in [0.2, 0.25) is 15.9 Å². The monoisotopic (exact) mass is 389 g/mol. The van der Waals surface area contributed by atoms with Gasteiger partial charge in [0.05, 0.1) is 4.90 Å². The summed E-state index contributed by atoms with van der Waals surface area (Å²) >= 11 is 0. The van der Waals surface area contributed by atoms with Crippen LogP contribution in [-0.4, -0.2) is 26.9 Å². The number of nitrogens with two attached hydrogens (primary N) is 1. The number of carbonyl (C=O) groups is 1. The average molecular weight is 389 g/mol. The molecule has 3 rings (SSSR count). The van der Waals surface area contributed by atoms with E-state index in [9.17, 15) is 13.2 Å². The molecule has 144 valence electrons. The zero-order valence-electron chi connectivity index (χ0n) is 15.0. The third-order valence-electron chi connectivity index (χ3n) is 4.50. The van der Waals surface area contributed by atoms with E-state index in [4.69, 9.17) is 9.88 Å². The van der Waals surface area contributed by atoms with Gasteiger partial charge in [-0.2, -0.15) is 0 Å². The van der Waals surface area contributed by atoms with E-state index in [0.717, 1.165) is 19.4 Å². The van der Waals surface area contributed by atoms with Gasteiger partial charge in [-0.1, -0.05) is 0 Å². The Kier molecular flexibility index (Phi) is 5.79. The fraction of sp³-hybridized carbons (Fsp3) is 0.316. The van der Waals surface area contributed by atoms with Gasteiger partial charge in [-0.25, -0.2) is 13.6 Å². The van der Waals surface area contributed by atoms with Crippen molar-refractivity contribution in [3.8, 4) is 11.5 Å². The quantitative estimate of drug-likeness (QED) is 0.727. The predicted octanol–water partition coefficient (Wildman–Crippen LogP) is 2.45. The van der Waals surface area contributed by atoms with Crippen LogP contribution < -0.4 is 20.5 Å². The van der Waals surface area contributed by atoms with Crippen LogP contribution in [0.3, 0.4) is 0 Å². The molecule has 0 unspecified atom stereocenters. The van der Waals surface area contributed by atoms with Crippen molar-refractivity contribution in [1.29, 1.82) is 0 Å². The molecule has 7 nitrogen and oxygen atoms in total. The van der Waals surface area contributed by atoms with Crippen LogP contribution in [0.2, 0.25) is 0 Å². The van der Waals surface area contributed by atoms with Crippen LogP contribution in [0.15, 0.2) is 53.4 Å². The van der Waals surface area contributed by atoms with E-state index in [1.165, 1.54) is 24.3 Å². The summed E-state index contributed by atoms with van der Waals surface area (Å²) in [4.78, 5) is 12.4. The maximum absolute atomic E-state index is 12.4. The number of anilines is 1. The first kappa shape index (κ1) is 19.3. The summed E-state index contributed by atoms with van der Waals surface area (Å²) in [6.07, 6.45) is 1.67. The fourth-order valence-electron chi connectivity index (χ4n) is 3.05. The third-order valence-corrected chi connectivity index (χ3v) is 5.43. The highest BCUT2D eigenvalue weighted by Gasteiger charge is 2.24. The molecule has 0 spiro atoms. The van der Waals surface area contributed by atoms with E-state index in [2.05, 4.69) is 17.6 Å². The number of amides is 1. The second-order valence-electron chi connectivity index (χ2n) is 6.71. The molecule has 27 heavy (non-hydrogen) atoms. The van der Waals surface area contributed by atoms with Crippen LogP contribution in [0, 0.1) is 5.92 Å². The average Bonchev–Trinajstić information content (AvgIpc) is 2.63. The van der Waals surface area contributed by atoms with E-state index in [1.807, 2.05) is 0 Å². The molecular formula is C19H23N3O4S. The van der Waals surface area contributed by atoms with Crippen molar-refractivity contribution >= 4 is 21.6 Å². The first-order valence-corrected chi connectivity index (χ1v) is 10.3. The summed E-state index contributed by atoms with van der Waals surface area (Å²) in [6, 6.07) is 13.2. The van der Waals surface area contributed by atoms with Crippen molar-refractivity contribution in [3.05, 3.63) is 48.5 Å². The molecule has 2 aromatic carbocycles. The van der Waals surface area contributed by atoms with Crippen molar-refractivity contribution in [3.63, 3.8) is 0 Å². The summed E-state index contributed by atoms with van der Waals surface area (Å²) in [5.74, 6) is 1.12. The first-order valence-electron chi connectivity index (χ1n) is 8.76. The molecule has 8 heteroatoms. The molecule has 0 bridgehead atoms. The zero-order valence-corrected chi connectivity index (χ0v) is 15.8. The van der Waals surface area contributed by atoms with Gasteiger partial charge in [0.25, 0.3) is 0 Å². The lowest BCUT2D eigenvalue weighted by molar-refractivity contribution is -0.120. The van der Waals surface area contributed by atoms with Crippen LogP contribution in [0.25, 0.3) is 0 Å². The normalized spacial score (nSPS) is 20.1. The second-order valence-corrected chi connectivity index (χ2v) is 8.27. The summed E-state index contributed by atoms with van der Waals surface area (Å²) in [5.41, 5.74) is 0.711. The van der Waals surface area contributed by atoms with Crippen LogP contribution in [0.1, 0.15) is 19.8 Å². The van der Waals surface area contributed by atoms with Gasteiger partial charge in [-0.15, -0.1) is 0 Å². The van der Waals surface area contributed by atoms with Gasteiger partial charge in [0.1, 0.15) is 11.5 Å². The smallest absolute Gasteiger partial charge is 0.238 e. The lowest BCUT2D eigenvalue weighted by Gasteiger charge is -2.27. The Labute approximate surface area is 159 Å². The number of hydrogen-bond acceptors (Lipinski definition) is 5. The number of primary sulfonamides is 1. The minimum absolute atomic E-state index is 0.0227. The molecule has 1 heterocycles. The number of sulfonamides is 1. The van der Waals surface area contributed by atoms with Crippen LogP contribution in [0.5, 0.6) is 11.5 Å². The molecule has 1 fully saturated rings.